The lowest BCUT2D eigenvalue weighted by Crippen LogP contribution is -2.42. The van der Waals surface area contributed by atoms with E-state index < -0.39 is 0 Å². The molecule has 0 heterocycles. The van der Waals surface area contributed by atoms with Gasteiger partial charge in [0, 0.05) is 25.6 Å². The molecule has 0 aromatic carbocycles. The normalized spacial score (nSPS) is 31.4. The minimum atomic E-state index is 0.252. The monoisotopic (exact) mass is 266 g/mol. The molecule has 2 aliphatic carbocycles. The molecule has 2 saturated carbocycles. The summed E-state index contributed by atoms with van der Waals surface area (Å²) in [5.74, 6) is 0.738. The summed E-state index contributed by atoms with van der Waals surface area (Å²) < 4.78 is 0. The highest BCUT2D eigenvalue weighted by Crippen LogP contribution is 2.37. The van der Waals surface area contributed by atoms with E-state index in [4.69, 9.17) is 5.73 Å². The van der Waals surface area contributed by atoms with E-state index in [1.54, 1.807) is 0 Å². The number of nitrogens with two attached hydrogens (primary N) is 1. The maximum atomic E-state index is 12.4. The zero-order valence-corrected chi connectivity index (χ0v) is 12.8. The van der Waals surface area contributed by atoms with Crippen molar-refractivity contribution >= 4 is 5.91 Å². The lowest BCUT2D eigenvalue weighted by molar-refractivity contribution is -0.134. The largest absolute Gasteiger partial charge is 0.343 e. The Balaban J connectivity index is 1.82. The standard InChI is InChI=1S/C16H30N2O/c1-16(2)9-7-13(8-10-16)18(3)15(19)11-12-5-4-6-14(12)17/h12-14H,4-11,17H2,1-3H3/t12-,14+/m0/s1. The average Bonchev–Trinajstić information content (AvgIpc) is 2.74. The van der Waals surface area contributed by atoms with Gasteiger partial charge in [-0.2, -0.15) is 0 Å². The first kappa shape index (κ1) is 14.8. The van der Waals surface area contributed by atoms with Crippen molar-refractivity contribution in [3.63, 3.8) is 0 Å². The van der Waals surface area contributed by atoms with E-state index in [-0.39, 0.29) is 6.04 Å². The smallest absolute Gasteiger partial charge is 0.222 e. The highest BCUT2D eigenvalue weighted by atomic mass is 16.2. The number of rotatable bonds is 3. The van der Waals surface area contributed by atoms with Gasteiger partial charge in [-0.05, 0) is 49.9 Å². The van der Waals surface area contributed by atoms with Gasteiger partial charge in [-0.25, -0.2) is 0 Å². The first-order valence-electron chi connectivity index (χ1n) is 7.90. The molecule has 110 valence electrons. The molecule has 2 atom stereocenters. The van der Waals surface area contributed by atoms with Crippen LogP contribution in [0.3, 0.4) is 0 Å². The van der Waals surface area contributed by atoms with Crippen LogP contribution in [0.5, 0.6) is 0 Å². The van der Waals surface area contributed by atoms with Crippen molar-refractivity contribution in [2.24, 2.45) is 17.1 Å². The quantitative estimate of drug-likeness (QED) is 0.853. The van der Waals surface area contributed by atoms with E-state index in [9.17, 15) is 4.79 Å². The minimum Gasteiger partial charge on any atom is -0.343 e. The van der Waals surface area contributed by atoms with Gasteiger partial charge in [-0.15, -0.1) is 0 Å². The van der Waals surface area contributed by atoms with E-state index in [1.165, 1.54) is 19.3 Å². The summed E-state index contributed by atoms with van der Waals surface area (Å²) in [6.07, 6.45) is 8.88. The lowest BCUT2D eigenvalue weighted by atomic mass is 9.75. The molecular weight excluding hydrogens is 236 g/mol. The predicted octanol–water partition coefficient (Wildman–Crippen LogP) is 2.93. The van der Waals surface area contributed by atoms with Gasteiger partial charge < -0.3 is 10.6 Å². The fourth-order valence-electron chi connectivity index (χ4n) is 3.66. The fraction of sp³-hybridized carbons (Fsp3) is 0.938. The zero-order chi connectivity index (χ0) is 14.0. The Kier molecular flexibility index (Phi) is 4.54. The summed E-state index contributed by atoms with van der Waals surface area (Å²) in [4.78, 5) is 14.4. The molecule has 0 saturated heterocycles. The second-order valence-electron chi connectivity index (χ2n) is 7.46. The van der Waals surface area contributed by atoms with E-state index >= 15 is 0 Å². The lowest BCUT2D eigenvalue weighted by Gasteiger charge is -2.39. The molecule has 0 aromatic rings. The summed E-state index contributed by atoms with van der Waals surface area (Å²) in [6, 6.07) is 0.709. The molecule has 0 aromatic heterocycles. The molecule has 2 rings (SSSR count). The van der Waals surface area contributed by atoms with E-state index in [1.807, 2.05) is 11.9 Å². The Hall–Kier alpha value is -0.570. The Labute approximate surface area is 117 Å². The van der Waals surface area contributed by atoms with Gasteiger partial charge >= 0.3 is 0 Å². The second-order valence-corrected chi connectivity index (χ2v) is 7.46. The molecular formula is C16H30N2O. The van der Waals surface area contributed by atoms with E-state index in [0.29, 0.717) is 29.7 Å². The molecule has 2 N–H and O–H groups in total. The van der Waals surface area contributed by atoms with Gasteiger partial charge in [-0.1, -0.05) is 20.3 Å². The molecule has 0 radical (unpaired) electrons. The molecule has 2 aliphatic rings. The Bertz CT molecular complexity index is 317. The van der Waals surface area contributed by atoms with Crippen molar-refractivity contribution in [2.75, 3.05) is 7.05 Å². The van der Waals surface area contributed by atoms with Crippen molar-refractivity contribution < 1.29 is 4.79 Å². The number of carbonyl (C=O) groups excluding carboxylic acids is 1. The molecule has 1 amide bonds. The summed E-state index contributed by atoms with van der Waals surface area (Å²) >= 11 is 0. The van der Waals surface area contributed by atoms with Crippen molar-refractivity contribution in [2.45, 2.75) is 77.3 Å². The molecule has 19 heavy (non-hydrogen) atoms. The minimum absolute atomic E-state index is 0.252. The van der Waals surface area contributed by atoms with Gasteiger partial charge in [0.2, 0.25) is 5.91 Å². The average molecular weight is 266 g/mol. The maximum Gasteiger partial charge on any atom is 0.222 e. The zero-order valence-electron chi connectivity index (χ0n) is 12.8. The van der Waals surface area contributed by atoms with Gasteiger partial charge in [0.25, 0.3) is 0 Å². The maximum absolute atomic E-state index is 12.4. The molecule has 0 aliphatic heterocycles. The van der Waals surface area contributed by atoms with Crippen LogP contribution in [0.2, 0.25) is 0 Å². The Morgan fingerprint density at radius 3 is 2.37 bits per heavy atom. The third-order valence-corrected chi connectivity index (χ3v) is 5.40. The summed E-state index contributed by atoms with van der Waals surface area (Å²) in [5.41, 5.74) is 6.54. The number of carbonyl (C=O) groups is 1. The highest BCUT2D eigenvalue weighted by Gasteiger charge is 2.32. The van der Waals surface area contributed by atoms with Crippen LogP contribution in [-0.2, 0) is 4.79 Å². The molecule has 2 fully saturated rings. The van der Waals surface area contributed by atoms with Crippen LogP contribution in [0, 0.1) is 11.3 Å². The topological polar surface area (TPSA) is 46.3 Å². The summed E-state index contributed by atoms with van der Waals surface area (Å²) in [7, 11) is 1.99. The molecule has 0 unspecified atom stereocenters. The van der Waals surface area contributed by atoms with Crippen LogP contribution in [-0.4, -0.2) is 29.9 Å². The van der Waals surface area contributed by atoms with E-state index in [0.717, 1.165) is 25.7 Å². The van der Waals surface area contributed by atoms with Crippen molar-refractivity contribution in [3.8, 4) is 0 Å². The molecule has 3 heteroatoms. The van der Waals surface area contributed by atoms with Crippen LogP contribution in [0.25, 0.3) is 0 Å². The van der Waals surface area contributed by atoms with Gasteiger partial charge in [0.15, 0.2) is 0 Å². The molecule has 0 bridgehead atoms. The Morgan fingerprint density at radius 2 is 1.84 bits per heavy atom. The third-order valence-electron chi connectivity index (χ3n) is 5.40. The van der Waals surface area contributed by atoms with Gasteiger partial charge in [-0.3, -0.25) is 4.79 Å². The molecule has 3 nitrogen and oxygen atoms in total. The fourth-order valence-corrected chi connectivity index (χ4v) is 3.66. The van der Waals surface area contributed by atoms with Crippen molar-refractivity contribution in [1.29, 1.82) is 0 Å². The number of hydrogen-bond donors (Lipinski definition) is 1. The van der Waals surface area contributed by atoms with Crippen LogP contribution in [0.15, 0.2) is 0 Å². The molecule has 0 spiro atoms. The van der Waals surface area contributed by atoms with Crippen LogP contribution in [0.4, 0.5) is 0 Å². The first-order chi connectivity index (χ1) is 8.89. The second kappa shape index (κ2) is 5.82. The Morgan fingerprint density at radius 1 is 1.21 bits per heavy atom. The van der Waals surface area contributed by atoms with Crippen LogP contribution < -0.4 is 5.73 Å². The van der Waals surface area contributed by atoms with Crippen molar-refractivity contribution in [1.82, 2.24) is 4.90 Å². The van der Waals surface area contributed by atoms with Crippen LogP contribution in [0.1, 0.15) is 65.2 Å². The summed E-state index contributed by atoms with van der Waals surface area (Å²) in [5, 5.41) is 0. The van der Waals surface area contributed by atoms with Gasteiger partial charge in [0.1, 0.15) is 0 Å². The summed E-state index contributed by atoms with van der Waals surface area (Å²) in [6.45, 7) is 4.67. The predicted molar refractivity (Wildman–Crippen MR) is 78.7 cm³/mol. The number of nitrogens with zero attached hydrogens (tertiary/aromatic N) is 1. The van der Waals surface area contributed by atoms with Crippen LogP contribution >= 0.6 is 0 Å². The van der Waals surface area contributed by atoms with Crippen molar-refractivity contribution in [3.05, 3.63) is 0 Å². The SMILES string of the molecule is CN(C(=O)C[C@@H]1CCC[C@H]1N)C1CCC(C)(C)CC1. The highest BCUT2D eigenvalue weighted by molar-refractivity contribution is 5.76. The van der Waals surface area contributed by atoms with E-state index in [2.05, 4.69) is 13.8 Å². The number of hydrogen-bond acceptors (Lipinski definition) is 2. The third kappa shape index (κ3) is 3.71. The first-order valence-corrected chi connectivity index (χ1v) is 7.90. The van der Waals surface area contributed by atoms with Gasteiger partial charge in [0.05, 0.1) is 0 Å². The number of amides is 1.